The summed E-state index contributed by atoms with van der Waals surface area (Å²) in [6.45, 7) is 5.19. The van der Waals surface area contributed by atoms with Crippen LogP contribution in [0.4, 0.5) is 0 Å². The summed E-state index contributed by atoms with van der Waals surface area (Å²) in [4.78, 5) is 0. The van der Waals surface area contributed by atoms with Crippen LogP contribution in [0.2, 0.25) is 0 Å². The highest BCUT2D eigenvalue weighted by molar-refractivity contribution is 14.1. The maximum absolute atomic E-state index is 5.33. The topological polar surface area (TPSA) is 12.5 Å². The molecule has 0 aromatic heterocycles. The molecule has 0 N–H and O–H groups in total. The van der Waals surface area contributed by atoms with E-state index in [4.69, 9.17) is 4.74 Å². The van der Waals surface area contributed by atoms with Gasteiger partial charge in [-0.15, -0.1) is 0 Å². The third kappa shape index (κ3) is 2.39. The minimum absolute atomic E-state index is 0.591. The fourth-order valence-corrected chi connectivity index (χ4v) is 1.37. The Labute approximate surface area is 70.0 Å². The summed E-state index contributed by atoms with van der Waals surface area (Å²) in [6, 6.07) is 0.591. The lowest BCUT2D eigenvalue weighted by molar-refractivity contribution is 0.129. The third-order valence-electron chi connectivity index (χ3n) is 1.50. The molecule has 1 unspecified atom stereocenters. The van der Waals surface area contributed by atoms with Gasteiger partial charge in [0.1, 0.15) is 0 Å². The summed E-state index contributed by atoms with van der Waals surface area (Å²) in [5.41, 5.74) is 0. The highest BCUT2D eigenvalue weighted by Gasteiger charge is 2.13. The van der Waals surface area contributed by atoms with Gasteiger partial charge in [-0.25, -0.2) is 3.11 Å². The van der Waals surface area contributed by atoms with Crippen LogP contribution in [0.25, 0.3) is 0 Å². The first-order chi connectivity index (χ1) is 4.30. The lowest BCUT2D eigenvalue weighted by Gasteiger charge is -2.16. The van der Waals surface area contributed by atoms with Crippen LogP contribution < -0.4 is 0 Å². The van der Waals surface area contributed by atoms with Gasteiger partial charge in [-0.1, -0.05) is 0 Å². The smallest absolute Gasteiger partial charge is 0.0627 e. The highest BCUT2D eigenvalue weighted by atomic mass is 127. The Morgan fingerprint density at radius 1 is 1.67 bits per heavy atom. The van der Waals surface area contributed by atoms with Gasteiger partial charge < -0.3 is 4.74 Å². The van der Waals surface area contributed by atoms with Crippen LogP contribution in [0, 0.1) is 0 Å². The number of hydrogen-bond acceptors (Lipinski definition) is 2. The fourth-order valence-electron chi connectivity index (χ4n) is 0.873. The van der Waals surface area contributed by atoms with Crippen molar-refractivity contribution in [2.75, 3.05) is 19.8 Å². The van der Waals surface area contributed by atoms with E-state index in [1.807, 2.05) is 0 Å². The summed E-state index contributed by atoms with van der Waals surface area (Å²) < 4.78 is 7.64. The first-order valence-corrected chi connectivity index (χ1v) is 4.27. The molecule has 0 spiro atoms. The summed E-state index contributed by atoms with van der Waals surface area (Å²) >= 11 is 2.36. The second kappa shape index (κ2) is 3.73. The Morgan fingerprint density at radius 2 is 2.44 bits per heavy atom. The van der Waals surface area contributed by atoms with Gasteiger partial charge in [-0.05, 0) is 13.3 Å². The van der Waals surface area contributed by atoms with Crippen LogP contribution in [-0.4, -0.2) is 28.9 Å². The Kier molecular flexibility index (Phi) is 3.21. The van der Waals surface area contributed by atoms with Crippen LogP contribution in [0.15, 0.2) is 0 Å². The number of halogens is 1. The van der Waals surface area contributed by atoms with Gasteiger partial charge in [0.2, 0.25) is 0 Å². The number of ether oxygens (including phenoxy) is 1. The molecule has 9 heavy (non-hydrogen) atoms. The van der Waals surface area contributed by atoms with E-state index in [-0.39, 0.29) is 0 Å². The van der Waals surface area contributed by atoms with Crippen molar-refractivity contribution >= 4 is 22.9 Å². The summed E-state index contributed by atoms with van der Waals surface area (Å²) in [7, 11) is 0. The molecular weight excluding hydrogens is 229 g/mol. The molecule has 54 valence electrons. The molecule has 0 radical (unpaired) electrons. The minimum Gasteiger partial charge on any atom is -0.380 e. The van der Waals surface area contributed by atoms with Crippen molar-refractivity contribution in [2.45, 2.75) is 19.4 Å². The van der Waals surface area contributed by atoms with E-state index in [1.54, 1.807) is 0 Å². The summed E-state index contributed by atoms with van der Waals surface area (Å²) in [5.74, 6) is 0. The van der Waals surface area contributed by atoms with E-state index in [2.05, 4.69) is 32.9 Å². The van der Waals surface area contributed by atoms with Gasteiger partial charge in [-0.2, -0.15) is 0 Å². The van der Waals surface area contributed by atoms with Crippen LogP contribution in [-0.2, 0) is 4.74 Å². The third-order valence-corrected chi connectivity index (χ3v) is 2.93. The minimum atomic E-state index is 0.591. The maximum atomic E-state index is 5.33. The Balaban J connectivity index is 2.32. The quantitative estimate of drug-likeness (QED) is 0.470. The molecule has 1 saturated heterocycles. The first-order valence-electron chi connectivity index (χ1n) is 3.31. The molecule has 1 heterocycles. The van der Waals surface area contributed by atoms with Crippen LogP contribution in [0.3, 0.4) is 0 Å². The van der Waals surface area contributed by atoms with Gasteiger partial charge in [0.25, 0.3) is 0 Å². The zero-order valence-corrected chi connectivity index (χ0v) is 7.80. The summed E-state index contributed by atoms with van der Waals surface area (Å²) in [5, 5.41) is 0. The van der Waals surface area contributed by atoms with Crippen LogP contribution in [0.1, 0.15) is 13.3 Å². The van der Waals surface area contributed by atoms with Gasteiger partial charge in [0.15, 0.2) is 0 Å². The van der Waals surface area contributed by atoms with Gasteiger partial charge in [0.05, 0.1) is 6.61 Å². The molecule has 0 aromatic carbocycles. The van der Waals surface area contributed by atoms with Crippen LogP contribution in [0.5, 0.6) is 0 Å². The molecule has 0 aliphatic carbocycles. The Bertz CT molecular complexity index is 79.1. The molecule has 0 bridgehead atoms. The normalized spacial score (nSPS) is 32.0. The van der Waals surface area contributed by atoms with Gasteiger partial charge >= 0.3 is 0 Å². The van der Waals surface area contributed by atoms with Crippen molar-refractivity contribution in [2.24, 2.45) is 0 Å². The molecular formula is C6H12INO. The van der Waals surface area contributed by atoms with Crippen molar-refractivity contribution in [1.29, 1.82) is 0 Å². The lowest BCUT2D eigenvalue weighted by Crippen LogP contribution is -2.25. The van der Waals surface area contributed by atoms with E-state index in [0.29, 0.717) is 6.04 Å². The van der Waals surface area contributed by atoms with E-state index in [9.17, 15) is 0 Å². The van der Waals surface area contributed by atoms with E-state index >= 15 is 0 Å². The van der Waals surface area contributed by atoms with Crippen molar-refractivity contribution in [3.05, 3.63) is 0 Å². The first kappa shape index (κ1) is 7.75. The molecule has 1 aliphatic heterocycles. The molecule has 1 aliphatic rings. The predicted octanol–water partition coefficient (Wildman–Crippen LogP) is 1.45. The Hall–Kier alpha value is 0.650. The lowest BCUT2D eigenvalue weighted by atomic mass is 10.3. The van der Waals surface area contributed by atoms with Crippen molar-refractivity contribution in [3.8, 4) is 0 Å². The van der Waals surface area contributed by atoms with E-state index in [0.717, 1.165) is 13.2 Å². The molecule has 1 fully saturated rings. The van der Waals surface area contributed by atoms with Gasteiger partial charge in [0, 0.05) is 42.1 Å². The van der Waals surface area contributed by atoms with Gasteiger partial charge in [-0.3, -0.25) is 0 Å². The molecule has 3 heteroatoms. The molecule has 1 rings (SSSR count). The average Bonchev–Trinajstić information content (AvgIpc) is 1.99. The second-order valence-corrected chi connectivity index (χ2v) is 3.64. The molecule has 1 atom stereocenters. The Morgan fingerprint density at radius 3 is 3.22 bits per heavy atom. The van der Waals surface area contributed by atoms with Crippen molar-refractivity contribution < 1.29 is 4.74 Å². The number of hydrogen-bond donors (Lipinski definition) is 0. The fraction of sp³-hybridized carbons (Fsp3) is 1.00. The standard InChI is InChI=1S/C6H12INO/c1-6-5-9-4-2-3-8(6)7/h6H,2-5H2,1H3. The SMILES string of the molecule is CC1COCCCN1I. The molecule has 0 aromatic rings. The van der Waals surface area contributed by atoms with E-state index in [1.165, 1.54) is 13.0 Å². The second-order valence-electron chi connectivity index (χ2n) is 2.40. The largest absolute Gasteiger partial charge is 0.380 e. The summed E-state index contributed by atoms with van der Waals surface area (Å²) in [6.07, 6.45) is 1.17. The molecule has 2 nitrogen and oxygen atoms in total. The number of rotatable bonds is 0. The zero-order chi connectivity index (χ0) is 6.69. The zero-order valence-electron chi connectivity index (χ0n) is 5.64. The van der Waals surface area contributed by atoms with E-state index < -0.39 is 0 Å². The monoisotopic (exact) mass is 241 g/mol. The molecule has 0 amide bonds. The number of nitrogens with zero attached hydrogens (tertiary/aromatic N) is 1. The predicted molar refractivity (Wildman–Crippen MR) is 45.6 cm³/mol. The average molecular weight is 241 g/mol. The maximum Gasteiger partial charge on any atom is 0.0627 e. The highest BCUT2D eigenvalue weighted by Crippen LogP contribution is 2.10. The van der Waals surface area contributed by atoms with Crippen molar-refractivity contribution in [3.63, 3.8) is 0 Å². The van der Waals surface area contributed by atoms with Crippen LogP contribution >= 0.6 is 22.9 Å². The van der Waals surface area contributed by atoms with Crippen molar-refractivity contribution in [1.82, 2.24) is 3.11 Å². The molecule has 0 saturated carbocycles.